The number of carbonyl (C=O) groups excluding carboxylic acids is 1. The van der Waals surface area contributed by atoms with Crippen LogP contribution in [0, 0.1) is 17.2 Å². The first kappa shape index (κ1) is 24.2. The zero-order valence-electron chi connectivity index (χ0n) is 20.1. The van der Waals surface area contributed by atoms with Gasteiger partial charge in [-0.05, 0) is 102 Å². The third-order valence-corrected chi connectivity index (χ3v) is 7.10. The maximum absolute atomic E-state index is 13.7. The number of carbonyl (C=O) groups is 1. The van der Waals surface area contributed by atoms with Crippen LogP contribution in [0.2, 0.25) is 0 Å². The normalized spacial score (nSPS) is 24.9. The number of rotatable bonds is 8. The van der Waals surface area contributed by atoms with Crippen LogP contribution in [0.4, 0.5) is 4.39 Å². The van der Waals surface area contributed by atoms with Crippen LogP contribution in [-0.2, 0) is 16.0 Å². The monoisotopic (exact) mass is 433 g/mol. The molecule has 2 aliphatic carbocycles. The lowest BCUT2D eigenvalue weighted by Crippen LogP contribution is -2.45. The zero-order chi connectivity index (χ0) is 23.0. The van der Waals surface area contributed by atoms with E-state index >= 15 is 0 Å². The molecule has 0 aromatic heterocycles. The Bertz CT molecular complexity index is 796. The van der Waals surface area contributed by atoms with E-state index in [0.29, 0.717) is 19.3 Å². The summed E-state index contributed by atoms with van der Waals surface area (Å²) in [6, 6.07) is 5.00. The fraction of sp³-hybridized carbons (Fsp3) is 0.731. The molecule has 0 radical (unpaired) electrons. The summed E-state index contributed by atoms with van der Waals surface area (Å²) in [7, 11) is 2.06. The Morgan fingerprint density at radius 1 is 1.23 bits per heavy atom. The highest BCUT2D eigenvalue weighted by Crippen LogP contribution is 2.51. The van der Waals surface area contributed by atoms with Gasteiger partial charge in [-0.15, -0.1) is 0 Å². The predicted molar refractivity (Wildman–Crippen MR) is 121 cm³/mol. The number of halogens is 1. The number of aryl methyl sites for hydroxylation is 1. The van der Waals surface area contributed by atoms with Crippen LogP contribution in [-0.4, -0.2) is 47.3 Å². The minimum Gasteiger partial charge on any atom is -0.460 e. The quantitative estimate of drug-likeness (QED) is 0.581. The van der Waals surface area contributed by atoms with Crippen LogP contribution in [0.3, 0.4) is 0 Å². The summed E-state index contributed by atoms with van der Waals surface area (Å²) < 4.78 is 19.3. The molecule has 0 amide bonds. The molecule has 1 aromatic carbocycles. The first-order chi connectivity index (χ1) is 14.4. The average Bonchev–Trinajstić information content (AvgIpc) is 3.45. The molecule has 1 N–H and O–H groups in total. The van der Waals surface area contributed by atoms with E-state index < -0.39 is 11.2 Å². The molecule has 31 heavy (non-hydrogen) atoms. The van der Waals surface area contributed by atoms with E-state index in [1.165, 1.54) is 6.07 Å². The number of ether oxygens (including phenoxy) is 1. The van der Waals surface area contributed by atoms with Crippen molar-refractivity contribution in [3.05, 3.63) is 35.1 Å². The van der Waals surface area contributed by atoms with Gasteiger partial charge in [-0.25, -0.2) is 4.39 Å². The third kappa shape index (κ3) is 5.67. The van der Waals surface area contributed by atoms with Crippen molar-refractivity contribution in [1.82, 2.24) is 4.90 Å². The van der Waals surface area contributed by atoms with E-state index in [0.717, 1.165) is 43.5 Å². The van der Waals surface area contributed by atoms with Crippen LogP contribution in [0.5, 0.6) is 0 Å². The summed E-state index contributed by atoms with van der Waals surface area (Å²) >= 11 is 0. The molecule has 0 aliphatic heterocycles. The number of aliphatic hydroxyl groups is 1. The van der Waals surface area contributed by atoms with E-state index in [-0.39, 0.29) is 29.0 Å². The maximum atomic E-state index is 13.7. The highest BCUT2D eigenvalue weighted by molar-refractivity contribution is 5.80. The molecule has 0 heterocycles. The Labute approximate surface area is 187 Å². The van der Waals surface area contributed by atoms with Crippen molar-refractivity contribution in [3.63, 3.8) is 0 Å². The van der Waals surface area contributed by atoms with Gasteiger partial charge < -0.3 is 14.7 Å². The van der Waals surface area contributed by atoms with Crippen molar-refractivity contribution in [1.29, 1.82) is 0 Å². The molecule has 0 bridgehead atoms. The first-order valence-electron chi connectivity index (χ1n) is 11.8. The molecular weight excluding hydrogens is 393 g/mol. The van der Waals surface area contributed by atoms with Gasteiger partial charge in [0.15, 0.2) is 0 Å². The summed E-state index contributed by atoms with van der Waals surface area (Å²) in [5.74, 6) is -0.00283. The van der Waals surface area contributed by atoms with Crippen LogP contribution in [0.25, 0.3) is 0 Å². The molecule has 2 aliphatic rings. The summed E-state index contributed by atoms with van der Waals surface area (Å²) in [6.07, 6.45) is 4.64. The SMILES string of the molecule is CC(C)[C@H]1c2ccc(F)cc2CC[C@]1(O)CCN(C)CCC1(C(=O)OC(C)(C)C)CC1. The van der Waals surface area contributed by atoms with Gasteiger partial charge in [-0.1, -0.05) is 19.9 Å². The zero-order valence-corrected chi connectivity index (χ0v) is 20.1. The van der Waals surface area contributed by atoms with Gasteiger partial charge in [0, 0.05) is 12.5 Å². The molecular formula is C26H40FNO3. The van der Waals surface area contributed by atoms with Crippen molar-refractivity contribution in [2.24, 2.45) is 11.3 Å². The van der Waals surface area contributed by atoms with Crippen molar-refractivity contribution in [2.45, 2.75) is 90.3 Å². The molecule has 0 saturated heterocycles. The number of nitrogens with zero attached hydrogens (tertiary/aromatic N) is 1. The minimum absolute atomic E-state index is 0.00166. The second-order valence-electron chi connectivity index (χ2n) is 11.3. The molecule has 0 unspecified atom stereocenters. The fourth-order valence-corrected chi connectivity index (χ4v) is 5.14. The molecule has 1 aromatic rings. The lowest BCUT2D eigenvalue weighted by atomic mass is 9.66. The molecule has 2 atom stereocenters. The second-order valence-corrected chi connectivity index (χ2v) is 11.3. The topological polar surface area (TPSA) is 49.8 Å². The Hall–Kier alpha value is -1.46. The average molecular weight is 434 g/mol. The van der Waals surface area contributed by atoms with Crippen molar-refractivity contribution < 1.29 is 19.0 Å². The second kappa shape index (κ2) is 8.82. The number of hydrogen-bond acceptors (Lipinski definition) is 4. The van der Waals surface area contributed by atoms with Gasteiger partial charge in [0.25, 0.3) is 0 Å². The number of benzene rings is 1. The van der Waals surface area contributed by atoms with E-state index in [4.69, 9.17) is 4.74 Å². The standard InChI is InChI=1S/C26H40FNO3/c1-18(2)22-21-8-7-20(27)17-19(21)9-10-26(22,30)14-16-28(6)15-13-25(11-12-25)23(29)31-24(3,4)5/h7-8,17-18,22,30H,9-16H2,1-6H3/t22-,26-/m0/s1. The maximum Gasteiger partial charge on any atom is 0.312 e. The van der Waals surface area contributed by atoms with Gasteiger partial charge >= 0.3 is 5.97 Å². The Kier molecular flexibility index (Phi) is 6.88. The number of esters is 1. The third-order valence-electron chi connectivity index (χ3n) is 7.10. The lowest BCUT2D eigenvalue weighted by Gasteiger charge is -2.44. The van der Waals surface area contributed by atoms with Gasteiger partial charge in [0.2, 0.25) is 0 Å². The number of fused-ring (bicyclic) bond motifs is 1. The van der Waals surface area contributed by atoms with Crippen molar-refractivity contribution >= 4 is 5.97 Å². The molecule has 0 spiro atoms. The smallest absolute Gasteiger partial charge is 0.312 e. The van der Waals surface area contributed by atoms with E-state index in [1.54, 1.807) is 6.07 Å². The highest BCUT2D eigenvalue weighted by Gasteiger charge is 2.52. The highest BCUT2D eigenvalue weighted by atomic mass is 19.1. The molecule has 4 nitrogen and oxygen atoms in total. The van der Waals surface area contributed by atoms with Crippen LogP contribution < -0.4 is 0 Å². The summed E-state index contributed by atoms with van der Waals surface area (Å²) in [5, 5.41) is 11.6. The van der Waals surface area contributed by atoms with Gasteiger partial charge in [0.05, 0.1) is 11.0 Å². The molecule has 1 fully saturated rings. The lowest BCUT2D eigenvalue weighted by molar-refractivity contribution is -0.162. The van der Waals surface area contributed by atoms with E-state index in [9.17, 15) is 14.3 Å². The largest absolute Gasteiger partial charge is 0.460 e. The molecule has 5 heteroatoms. The predicted octanol–water partition coefficient (Wildman–Crippen LogP) is 5.08. The Balaban J connectivity index is 1.58. The van der Waals surface area contributed by atoms with Crippen LogP contribution in [0.1, 0.15) is 83.8 Å². The van der Waals surface area contributed by atoms with Crippen molar-refractivity contribution in [3.8, 4) is 0 Å². The van der Waals surface area contributed by atoms with Gasteiger partial charge in [-0.2, -0.15) is 0 Å². The molecule has 174 valence electrons. The minimum atomic E-state index is -0.796. The fourth-order valence-electron chi connectivity index (χ4n) is 5.14. The summed E-state index contributed by atoms with van der Waals surface area (Å²) in [6.45, 7) is 11.6. The first-order valence-corrected chi connectivity index (χ1v) is 11.8. The Morgan fingerprint density at radius 2 is 1.87 bits per heavy atom. The Morgan fingerprint density at radius 3 is 2.45 bits per heavy atom. The van der Waals surface area contributed by atoms with Crippen LogP contribution >= 0.6 is 0 Å². The summed E-state index contributed by atoms with van der Waals surface area (Å²) in [5.41, 5.74) is 0.565. The number of hydrogen-bond donors (Lipinski definition) is 1. The van der Waals surface area contributed by atoms with Crippen molar-refractivity contribution in [2.75, 3.05) is 20.1 Å². The van der Waals surface area contributed by atoms with E-state index in [1.807, 2.05) is 26.8 Å². The van der Waals surface area contributed by atoms with Crippen LogP contribution in [0.15, 0.2) is 18.2 Å². The molecule has 1 saturated carbocycles. The van der Waals surface area contributed by atoms with Gasteiger partial charge in [0.1, 0.15) is 11.4 Å². The van der Waals surface area contributed by atoms with Gasteiger partial charge in [-0.3, -0.25) is 4.79 Å². The molecule has 3 rings (SSSR count). The van der Waals surface area contributed by atoms with E-state index in [2.05, 4.69) is 25.8 Å². The summed E-state index contributed by atoms with van der Waals surface area (Å²) in [4.78, 5) is 14.8.